The van der Waals surface area contributed by atoms with Crippen molar-refractivity contribution in [1.29, 1.82) is 0 Å². The lowest BCUT2D eigenvalue weighted by molar-refractivity contribution is -0.416. The van der Waals surface area contributed by atoms with Gasteiger partial charge in [-0.15, -0.1) is 0 Å². The van der Waals surface area contributed by atoms with Gasteiger partial charge in [-0.05, 0) is 0 Å². The minimum Gasteiger partial charge on any atom is -0.624 e. The SMILES string of the molecule is COc1ncc(/C=[N+](/C)[O-])c(OC)n1. The molecule has 0 aliphatic carbocycles. The number of nitrogens with zero attached hydrogens (tertiary/aromatic N) is 3. The molecule has 0 aromatic carbocycles. The molecule has 0 fully saturated rings. The average molecular weight is 197 g/mol. The predicted molar refractivity (Wildman–Crippen MR) is 49.9 cm³/mol. The Balaban J connectivity index is 3.11. The molecule has 0 amide bonds. The molecule has 0 saturated carbocycles. The molecule has 0 unspecified atom stereocenters. The Morgan fingerprint density at radius 3 is 2.64 bits per heavy atom. The van der Waals surface area contributed by atoms with Gasteiger partial charge in [0.1, 0.15) is 12.6 Å². The molecule has 0 bridgehead atoms. The molecule has 0 N–H and O–H groups in total. The van der Waals surface area contributed by atoms with Crippen LogP contribution in [0.2, 0.25) is 0 Å². The molecule has 14 heavy (non-hydrogen) atoms. The standard InChI is InChI=1S/C8H11N3O3/c1-11(12)5-6-4-9-8(14-3)10-7(6)13-2/h4-5H,1-3H3/b11-5-. The zero-order valence-corrected chi connectivity index (χ0v) is 8.22. The van der Waals surface area contributed by atoms with Gasteiger partial charge in [0, 0.05) is 0 Å². The lowest BCUT2D eigenvalue weighted by Gasteiger charge is -2.04. The molecule has 76 valence electrons. The van der Waals surface area contributed by atoms with Crippen molar-refractivity contribution in [2.24, 2.45) is 0 Å². The van der Waals surface area contributed by atoms with Crippen molar-refractivity contribution in [1.82, 2.24) is 9.97 Å². The highest BCUT2D eigenvalue weighted by Crippen LogP contribution is 2.14. The normalized spacial score (nSPS) is 11.2. The highest BCUT2D eigenvalue weighted by atomic mass is 16.5. The molecular formula is C8H11N3O3. The fourth-order valence-corrected chi connectivity index (χ4v) is 0.907. The van der Waals surface area contributed by atoms with Crippen LogP contribution in [0.1, 0.15) is 5.56 Å². The Bertz CT molecular complexity index is 348. The van der Waals surface area contributed by atoms with Crippen LogP contribution < -0.4 is 9.47 Å². The van der Waals surface area contributed by atoms with E-state index in [0.717, 1.165) is 0 Å². The Morgan fingerprint density at radius 2 is 2.14 bits per heavy atom. The van der Waals surface area contributed by atoms with Gasteiger partial charge in [0.15, 0.2) is 6.21 Å². The number of hydroxylamine groups is 1. The first-order valence-corrected chi connectivity index (χ1v) is 3.87. The molecule has 0 saturated heterocycles. The van der Waals surface area contributed by atoms with E-state index in [1.54, 1.807) is 0 Å². The van der Waals surface area contributed by atoms with Crippen molar-refractivity contribution in [2.75, 3.05) is 21.3 Å². The fourth-order valence-electron chi connectivity index (χ4n) is 0.907. The molecule has 0 spiro atoms. The molecule has 1 aromatic heterocycles. The first kappa shape index (κ1) is 10.2. The van der Waals surface area contributed by atoms with E-state index in [2.05, 4.69) is 9.97 Å². The number of rotatable bonds is 3. The third-order valence-electron chi connectivity index (χ3n) is 1.46. The lowest BCUT2D eigenvalue weighted by Crippen LogP contribution is -2.03. The summed E-state index contributed by atoms with van der Waals surface area (Å²) in [6, 6.07) is 0.201. The molecule has 1 aromatic rings. The van der Waals surface area contributed by atoms with Crippen LogP contribution in [0.25, 0.3) is 0 Å². The van der Waals surface area contributed by atoms with Gasteiger partial charge >= 0.3 is 6.01 Å². The van der Waals surface area contributed by atoms with Crippen LogP contribution in [-0.4, -0.2) is 42.2 Å². The van der Waals surface area contributed by atoms with Gasteiger partial charge < -0.3 is 14.7 Å². The summed E-state index contributed by atoms with van der Waals surface area (Å²) in [6.07, 6.45) is 2.78. The monoisotopic (exact) mass is 197 g/mol. The summed E-state index contributed by atoms with van der Waals surface area (Å²) in [5.41, 5.74) is 0.505. The maximum Gasteiger partial charge on any atom is 0.319 e. The minimum atomic E-state index is 0.201. The van der Waals surface area contributed by atoms with Gasteiger partial charge in [0.05, 0.1) is 20.4 Å². The van der Waals surface area contributed by atoms with E-state index in [9.17, 15) is 5.21 Å². The van der Waals surface area contributed by atoms with E-state index < -0.39 is 0 Å². The summed E-state index contributed by atoms with van der Waals surface area (Å²) in [5, 5.41) is 10.8. The van der Waals surface area contributed by atoms with Gasteiger partial charge in [-0.2, -0.15) is 4.98 Å². The highest BCUT2D eigenvalue weighted by Gasteiger charge is 2.07. The summed E-state index contributed by atoms with van der Waals surface area (Å²) in [6.45, 7) is 0. The Hall–Kier alpha value is -1.85. The van der Waals surface area contributed by atoms with Crippen molar-refractivity contribution in [3.05, 3.63) is 17.0 Å². The van der Waals surface area contributed by atoms with Crippen molar-refractivity contribution in [2.45, 2.75) is 0 Å². The smallest absolute Gasteiger partial charge is 0.319 e. The van der Waals surface area contributed by atoms with Crippen molar-refractivity contribution < 1.29 is 14.2 Å². The summed E-state index contributed by atoms with van der Waals surface area (Å²) < 4.78 is 10.4. The van der Waals surface area contributed by atoms with Crippen LogP contribution in [-0.2, 0) is 0 Å². The van der Waals surface area contributed by atoms with Crippen LogP contribution in [0.5, 0.6) is 11.9 Å². The van der Waals surface area contributed by atoms with Crippen molar-refractivity contribution >= 4 is 6.21 Å². The molecule has 1 rings (SSSR count). The van der Waals surface area contributed by atoms with E-state index in [0.29, 0.717) is 16.2 Å². The van der Waals surface area contributed by atoms with E-state index in [1.165, 1.54) is 33.7 Å². The maximum absolute atomic E-state index is 10.8. The topological polar surface area (TPSA) is 70.3 Å². The third-order valence-corrected chi connectivity index (χ3v) is 1.46. The molecular weight excluding hydrogens is 186 g/mol. The van der Waals surface area contributed by atoms with Gasteiger partial charge in [-0.25, -0.2) is 9.72 Å². The summed E-state index contributed by atoms with van der Waals surface area (Å²) in [7, 11) is 4.28. The molecule has 6 heteroatoms. The predicted octanol–water partition coefficient (Wildman–Crippen LogP) is 0.0528. The second kappa shape index (κ2) is 4.40. The van der Waals surface area contributed by atoms with Gasteiger partial charge in [0.25, 0.3) is 0 Å². The molecule has 0 radical (unpaired) electrons. The zero-order chi connectivity index (χ0) is 10.6. The Morgan fingerprint density at radius 1 is 1.43 bits per heavy atom. The van der Waals surface area contributed by atoms with Crippen LogP contribution in [0.15, 0.2) is 6.20 Å². The van der Waals surface area contributed by atoms with E-state index >= 15 is 0 Å². The summed E-state index contributed by atoms with van der Waals surface area (Å²) >= 11 is 0. The van der Waals surface area contributed by atoms with Gasteiger partial charge in [-0.3, -0.25) is 0 Å². The summed E-state index contributed by atoms with van der Waals surface area (Å²) in [4.78, 5) is 7.76. The second-order valence-electron chi connectivity index (χ2n) is 2.50. The molecule has 0 atom stereocenters. The molecule has 1 heterocycles. The molecule has 6 nitrogen and oxygen atoms in total. The van der Waals surface area contributed by atoms with Crippen LogP contribution >= 0.6 is 0 Å². The third kappa shape index (κ3) is 2.32. The number of aromatic nitrogens is 2. The number of hydrogen-bond acceptors (Lipinski definition) is 5. The molecule has 0 aliphatic rings. The van der Waals surface area contributed by atoms with Crippen molar-refractivity contribution in [3.8, 4) is 11.9 Å². The molecule has 0 aliphatic heterocycles. The number of hydrogen-bond donors (Lipinski definition) is 0. The van der Waals surface area contributed by atoms with Gasteiger partial charge in [-0.1, -0.05) is 0 Å². The fraction of sp³-hybridized carbons (Fsp3) is 0.375. The lowest BCUT2D eigenvalue weighted by atomic mass is 10.3. The Labute approximate surface area is 81.4 Å². The number of ether oxygens (including phenoxy) is 2. The summed E-state index contributed by atoms with van der Waals surface area (Å²) in [5.74, 6) is 0.305. The second-order valence-corrected chi connectivity index (χ2v) is 2.50. The average Bonchev–Trinajstić information content (AvgIpc) is 2.17. The Kier molecular flexibility index (Phi) is 3.22. The first-order valence-electron chi connectivity index (χ1n) is 3.87. The quantitative estimate of drug-likeness (QED) is 0.296. The van der Waals surface area contributed by atoms with E-state index in [-0.39, 0.29) is 6.01 Å². The van der Waals surface area contributed by atoms with Crippen LogP contribution in [0.4, 0.5) is 0 Å². The minimum absolute atomic E-state index is 0.201. The highest BCUT2D eigenvalue weighted by molar-refractivity contribution is 5.78. The van der Waals surface area contributed by atoms with Crippen molar-refractivity contribution in [3.63, 3.8) is 0 Å². The van der Waals surface area contributed by atoms with E-state index in [4.69, 9.17) is 9.47 Å². The largest absolute Gasteiger partial charge is 0.624 e. The maximum atomic E-state index is 10.8. The number of methoxy groups -OCH3 is 2. The zero-order valence-electron chi connectivity index (χ0n) is 8.22. The van der Waals surface area contributed by atoms with Crippen LogP contribution in [0.3, 0.4) is 0 Å². The van der Waals surface area contributed by atoms with E-state index in [1.807, 2.05) is 0 Å². The van der Waals surface area contributed by atoms with Gasteiger partial charge in [0.2, 0.25) is 5.88 Å². The first-order chi connectivity index (χ1) is 6.67. The van der Waals surface area contributed by atoms with Crippen LogP contribution in [0, 0.1) is 5.21 Å².